The summed E-state index contributed by atoms with van der Waals surface area (Å²) < 4.78 is 0. The van der Waals surface area contributed by atoms with Gasteiger partial charge in [0.05, 0.1) is 6.33 Å². The molecule has 0 bridgehead atoms. The van der Waals surface area contributed by atoms with Crippen molar-refractivity contribution in [2.45, 2.75) is 0 Å². The molecule has 3 heterocycles. The number of hydrogen-bond acceptors (Lipinski definition) is 6. The molecular weight excluding hydrogens is 266 g/mol. The molecule has 2 aromatic heterocycles. The Hall–Kier alpha value is -3.22. The molecule has 0 saturated heterocycles. The third-order valence-corrected chi connectivity index (χ3v) is 3.21. The Morgan fingerprint density at radius 3 is 2.95 bits per heavy atom. The number of para-hydroxylation sites is 1. The van der Waals surface area contributed by atoms with E-state index in [2.05, 4.69) is 30.2 Å². The second-order valence-electron chi connectivity index (χ2n) is 4.55. The van der Waals surface area contributed by atoms with Crippen molar-refractivity contribution in [3.63, 3.8) is 0 Å². The first kappa shape index (κ1) is 11.6. The maximum absolute atomic E-state index is 5.91. The Balaban J connectivity index is 1.81. The number of H-pyrrole nitrogens is 1. The van der Waals surface area contributed by atoms with Crippen LogP contribution in [0.25, 0.3) is 16.9 Å². The van der Waals surface area contributed by atoms with Gasteiger partial charge in [0, 0.05) is 23.7 Å². The number of fused-ring (bicyclic) bond motifs is 2. The van der Waals surface area contributed by atoms with Crippen molar-refractivity contribution in [3.05, 3.63) is 48.2 Å². The molecule has 0 atom stereocenters. The molecule has 0 spiro atoms. The number of nitrogens with two attached hydrogens (primary N) is 1. The van der Waals surface area contributed by atoms with E-state index in [1.54, 1.807) is 18.7 Å². The number of hydrogen-bond donors (Lipinski definition) is 3. The predicted molar refractivity (Wildman–Crippen MR) is 81.7 cm³/mol. The molecule has 3 aromatic rings. The maximum atomic E-state index is 5.91. The number of benzene rings is 1. The highest BCUT2D eigenvalue weighted by molar-refractivity contribution is 5.93. The van der Waals surface area contributed by atoms with Gasteiger partial charge in [0.2, 0.25) is 0 Å². The normalized spacial score (nSPS) is 13.4. The van der Waals surface area contributed by atoms with Crippen LogP contribution in [0.2, 0.25) is 0 Å². The Kier molecular flexibility index (Phi) is 2.43. The van der Waals surface area contributed by atoms with Crippen molar-refractivity contribution in [2.75, 3.05) is 11.1 Å². The van der Waals surface area contributed by atoms with Crippen LogP contribution in [-0.2, 0) is 0 Å². The highest BCUT2D eigenvalue weighted by atomic mass is 15.1. The van der Waals surface area contributed by atoms with Gasteiger partial charge < -0.3 is 16.0 Å². The summed E-state index contributed by atoms with van der Waals surface area (Å²) in [6.07, 6.45) is 5.07. The lowest BCUT2D eigenvalue weighted by molar-refractivity contribution is 1.14. The van der Waals surface area contributed by atoms with Crippen LogP contribution in [0.15, 0.2) is 41.8 Å². The standard InChI is InChI=1S/C14H11N7/c15-12-11-14(19-7-18-11)21-13(20-12)10-6-17-9-4-2-1-3-8(9)5-16-10/h1-7,17H,(H3,15,18,19,20,21). The minimum absolute atomic E-state index is 0.352. The molecule has 4 rings (SSSR count). The van der Waals surface area contributed by atoms with E-state index in [0.29, 0.717) is 28.5 Å². The highest BCUT2D eigenvalue weighted by Crippen LogP contribution is 2.22. The number of imidazole rings is 1. The summed E-state index contributed by atoms with van der Waals surface area (Å²) in [5.41, 5.74) is 9.64. The van der Waals surface area contributed by atoms with E-state index < -0.39 is 0 Å². The monoisotopic (exact) mass is 277 g/mol. The maximum Gasteiger partial charge on any atom is 0.183 e. The molecular formula is C14H11N7. The molecule has 1 aliphatic heterocycles. The van der Waals surface area contributed by atoms with Crippen LogP contribution in [0, 0.1) is 0 Å². The quantitative estimate of drug-likeness (QED) is 0.628. The fraction of sp³-hybridized carbons (Fsp3) is 0. The predicted octanol–water partition coefficient (Wildman–Crippen LogP) is 1.78. The van der Waals surface area contributed by atoms with Crippen LogP contribution < -0.4 is 11.1 Å². The van der Waals surface area contributed by atoms with Gasteiger partial charge in [-0.3, -0.25) is 4.99 Å². The molecule has 1 aliphatic rings. The number of nitrogens with zero attached hydrogens (tertiary/aromatic N) is 4. The van der Waals surface area contributed by atoms with E-state index in [4.69, 9.17) is 5.73 Å². The van der Waals surface area contributed by atoms with Crippen LogP contribution >= 0.6 is 0 Å². The molecule has 4 N–H and O–H groups in total. The van der Waals surface area contributed by atoms with Gasteiger partial charge in [-0.25, -0.2) is 15.0 Å². The van der Waals surface area contributed by atoms with Crippen molar-refractivity contribution < 1.29 is 0 Å². The molecule has 0 unspecified atom stereocenters. The Morgan fingerprint density at radius 2 is 2.00 bits per heavy atom. The van der Waals surface area contributed by atoms with E-state index >= 15 is 0 Å². The van der Waals surface area contributed by atoms with Gasteiger partial charge in [-0.15, -0.1) is 0 Å². The number of aromatic amines is 1. The second kappa shape index (κ2) is 4.41. The SMILES string of the molecule is Nc1nc(C2=CNc3ccccc3C=N2)nc2nc[nH]c12. The van der Waals surface area contributed by atoms with Crippen LogP contribution in [0.5, 0.6) is 0 Å². The highest BCUT2D eigenvalue weighted by Gasteiger charge is 2.12. The number of aliphatic imine (C=N–C) groups is 1. The van der Waals surface area contributed by atoms with Crippen LogP contribution in [-0.4, -0.2) is 26.2 Å². The zero-order valence-corrected chi connectivity index (χ0v) is 10.9. The van der Waals surface area contributed by atoms with Gasteiger partial charge in [-0.2, -0.15) is 0 Å². The first-order valence-corrected chi connectivity index (χ1v) is 6.38. The van der Waals surface area contributed by atoms with E-state index in [1.165, 1.54) is 0 Å². The smallest absolute Gasteiger partial charge is 0.183 e. The van der Waals surface area contributed by atoms with Crippen molar-refractivity contribution in [1.29, 1.82) is 0 Å². The van der Waals surface area contributed by atoms with Gasteiger partial charge in [0.25, 0.3) is 0 Å². The molecule has 0 saturated carbocycles. The van der Waals surface area contributed by atoms with Gasteiger partial charge in [0.15, 0.2) is 17.3 Å². The fourth-order valence-corrected chi connectivity index (χ4v) is 2.16. The zero-order valence-electron chi connectivity index (χ0n) is 10.9. The molecule has 0 radical (unpaired) electrons. The number of nitrogens with one attached hydrogen (secondary N) is 2. The average Bonchev–Trinajstić information content (AvgIpc) is 2.87. The molecule has 0 amide bonds. The van der Waals surface area contributed by atoms with Gasteiger partial charge >= 0.3 is 0 Å². The lowest BCUT2D eigenvalue weighted by Gasteiger charge is -2.03. The van der Waals surface area contributed by atoms with Crippen molar-refractivity contribution in [1.82, 2.24) is 19.9 Å². The minimum atomic E-state index is 0.352. The summed E-state index contributed by atoms with van der Waals surface area (Å²) in [5.74, 6) is 0.786. The van der Waals surface area contributed by atoms with Crippen molar-refractivity contribution in [2.24, 2.45) is 4.99 Å². The second-order valence-corrected chi connectivity index (χ2v) is 4.55. The van der Waals surface area contributed by atoms with Gasteiger partial charge in [-0.05, 0) is 6.07 Å². The molecule has 1 aromatic carbocycles. The van der Waals surface area contributed by atoms with Crippen molar-refractivity contribution in [3.8, 4) is 0 Å². The molecule has 102 valence electrons. The summed E-state index contributed by atoms with van der Waals surface area (Å²) in [6.45, 7) is 0. The minimum Gasteiger partial charge on any atom is -0.382 e. The largest absolute Gasteiger partial charge is 0.382 e. The summed E-state index contributed by atoms with van der Waals surface area (Å²) >= 11 is 0. The van der Waals surface area contributed by atoms with Gasteiger partial charge in [-0.1, -0.05) is 18.2 Å². The zero-order chi connectivity index (χ0) is 14.2. The topological polar surface area (TPSA) is 105 Å². The summed E-state index contributed by atoms with van der Waals surface area (Å²) in [6, 6.07) is 7.88. The molecule has 0 fully saturated rings. The van der Waals surface area contributed by atoms with E-state index in [0.717, 1.165) is 11.3 Å². The van der Waals surface area contributed by atoms with E-state index in [9.17, 15) is 0 Å². The average molecular weight is 277 g/mol. The van der Waals surface area contributed by atoms with Crippen LogP contribution in [0.4, 0.5) is 11.5 Å². The third kappa shape index (κ3) is 1.91. The summed E-state index contributed by atoms with van der Waals surface area (Å²) in [5, 5.41) is 3.20. The molecule has 0 aliphatic carbocycles. The van der Waals surface area contributed by atoms with Crippen molar-refractivity contribution >= 4 is 34.6 Å². The van der Waals surface area contributed by atoms with E-state index in [1.807, 2.05) is 24.3 Å². The molecule has 7 heteroatoms. The number of anilines is 2. The summed E-state index contributed by atoms with van der Waals surface area (Å²) in [7, 11) is 0. The first-order chi connectivity index (χ1) is 10.3. The molecule has 21 heavy (non-hydrogen) atoms. The number of rotatable bonds is 1. The molecule has 7 nitrogen and oxygen atoms in total. The Morgan fingerprint density at radius 1 is 1.10 bits per heavy atom. The van der Waals surface area contributed by atoms with Crippen LogP contribution in [0.3, 0.4) is 0 Å². The van der Waals surface area contributed by atoms with E-state index in [-0.39, 0.29) is 0 Å². The lowest BCUT2D eigenvalue weighted by atomic mass is 10.2. The first-order valence-electron chi connectivity index (χ1n) is 6.38. The number of nitrogen functional groups attached to an aromatic ring is 1. The van der Waals surface area contributed by atoms with Gasteiger partial charge in [0.1, 0.15) is 11.2 Å². The summed E-state index contributed by atoms with van der Waals surface area (Å²) in [4.78, 5) is 20.1. The fourth-order valence-electron chi connectivity index (χ4n) is 2.16. The lowest BCUT2D eigenvalue weighted by Crippen LogP contribution is -2.00. The third-order valence-electron chi connectivity index (χ3n) is 3.21. The van der Waals surface area contributed by atoms with Crippen LogP contribution in [0.1, 0.15) is 11.4 Å². The Labute approximate surface area is 119 Å². The Bertz CT molecular complexity index is 891. The number of aromatic nitrogens is 4.